The minimum atomic E-state index is -4.11. The number of allylic oxidation sites excluding steroid dienone is 2. The molecule has 2 rings (SSSR count). The largest absolute Gasteiger partial charge is 0.477 e. The minimum Gasteiger partial charge on any atom is -0.477 e. The molecule has 9 nitrogen and oxygen atoms in total. The molecule has 192 valence electrons. The summed E-state index contributed by atoms with van der Waals surface area (Å²) < 4.78 is 27.6. The highest BCUT2D eigenvalue weighted by Crippen LogP contribution is 2.21. The summed E-state index contributed by atoms with van der Waals surface area (Å²) in [6.07, 6.45) is 6.21. The highest BCUT2D eigenvalue weighted by Gasteiger charge is 2.27. The average Bonchev–Trinajstić information content (AvgIpc) is 2.82. The number of sulfonamides is 1. The second kappa shape index (κ2) is 13.1. The lowest BCUT2D eigenvalue weighted by atomic mass is 10.0. The SMILES string of the molecule is CCCC(=O)NCCc1ccc(S(=O)(=O)NC(=O)C2=CC=C(C(=O)O)N(CC(CC)CC)C2)cc1. The zero-order chi connectivity index (χ0) is 26.0. The number of nitrogens with zero attached hydrogens (tertiary/aromatic N) is 1. The molecule has 0 radical (unpaired) electrons. The van der Waals surface area contributed by atoms with Crippen molar-refractivity contribution >= 4 is 27.8 Å². The highest BCUT2D eigenvalue weighted by atomic mass is 32.2. The first-order valence-electron chi connectivity index (χ1n) is 11.9. The quantitative estimate of drug-likeness (QED) is 0.375. The number of aliphatic carboxylic acids is 1. The summed E-state index contributed by atoms with van der Waals surface area (Å²) in [7, 11) is -4.11. The zero-order valence-corrected chi connectivity index (χ0v) is 21.4. The van der Waals surface area contributed by atoms with Crippen molar-refractivity contribution in [1.29, 1.82) is 0 Å². The molecule has 1 aromatic carbocycles. The number of amides is 2. The lowest BCUT2D eigenvalue weighted by molar-refractivity contribution is -0.134. The Morgan fingerprint density at radius 3 is 2.29 bits per heavy atom. The molecule has 0 unspecified atom stereocenters. The van der Waals surface area contributed by atoms with Crippen LogP contribution in [0, 0.1) is 5.92 Å². The van der Waals surface area contributed by atoms with Gasteiger partial charge in [-0.05, 0) is 48.6 Å². The number of benzene rings is 1. The molecule has 0 fully saturated rings. The average molecular weight is 506 g/mol. The Hall–Kier alpha value is -3.14. The van der Waals surface area contributed by atoms with Crippen LogP contribution < -0.4 is 10.0 Å². The van der Waals surface area contributed by atoms with Gasteiger partial charge in [-0.2, -0.15) is 0 Å². The monoisotopic (exact) mass is 505 g/mol. The molecule has 1 aromatic rings. The summed E-state index contributed by atoms with van der Waals surface area (Å²) in [5, 5.41) is 12.3. The van der Waals surface area contributed by atoms with Gasteiger partial charge in [0.1, 0.15) is 5.70 Å². The van der Waals surface area contributed by atoms with E-state index in [2.05, 4.69) is 10.0 Å². The smallest absolute Gasteiger partial charge is 0.352 e. The van der Waals surface area contributed by atoms with Crippen molar-refractivity contribution in [3.8, 4) is 0 Å². The van der Waals surface area contributed by atoms with Crippen molar-refractivity contribution in [2.75, 3.05) is 19.6 Å². The lowest BCUT2D eigenvalue weighted by Crippen LogP contribution is -2.40. The van der Waals surface area contributed by atoms with Gasteiger partial charge >= 0.3 is 5.97 Å². The summed E-state index contributed by atoms with van der Waals surface area (Å²) in [5.74, 6) is -1.65. The van der Waals surface area contributed by atoms with Crippen LogP contribution in [0.2, 0.25) is 0 Å². The van der Waals surface area contributed by atoms with Crippen molar-refractivity contribution in [2.45, 2.75) is 57.8 Å². The van der Waals surface area contributed by atoms with Crippen molar-refractivity contribution in [1.82, 2.24) is 14.9 Å². The predicted octanol–water partition coefficient (Wildman–Crippen LogP) is 2.60. The maximum Gasteiger partial charge on any atom is 0.352 e. The van der Waals surface area contributed by atoms with Crippen molar-refractivity contribution in [3.05, 3.63) is 53.3 Å². The second-order valence-electron chi connectivity index (χ2n) is 8.54. The van der Waals surface area contributed by atoms with Crippen LogP contribution in [-0.4, -0.2) is 55.8 Å². The number of carboxylic acid groups (broad SMARTS) is 1. The van der Waals surface area contributed by atoms with Crippen LogP contribution in [0.1, 0.15) is 52.0 Å². The Bertz CT molecular complexity index is 1070. The van der Waals surface area contributed by atoms with Gasteiger partial charge in [0.2, 0.25) is 5.91 Å². The molecule has 0 bridgehead atoms. The number of hydrogen-bond donors (Lipinski definition) is 3. The van der Waals surface area contributed by atoms with E-state index in [-0.39, 0.29) is 34.5 Å². The van der Waals surface area contributed by atoms with Gasteiger partial charge in [0.25, 0.3) is 15.9 Å². The first-order valence-corrected chi connectivity index (χ1v) is 13.4. The Kier molecular flexibility index (Phi) is 10.5. The van der Waals surface area contributed by atoms with Crippen molar-refractivity contribution in [2.24, 2.45) is 5.92 Å². The van der Waals surface area contributed by atoms with Gasteiger partial charge in [0.15, 0.2) is 0 Å². The number of carbonyl (C=O) groups is 3. The molecule has 0 aromatic heterocycles. The van der Waals surface area contributed by atoms with E-state index in [4.69, 9.17) is 0 Å². The third kappa shape index (κ3) is 8.24. The fraction of sp³-hybridized carbons (Fsp3) is 0.480. The number of carboxylic acids is 1. The fourth-order valence-corrected chi connectivity index (χ4v) is 4.73. The molecular formula is C25H35N3O6S. The summed E-state index contributed by atoms with van der Waals surface area (Å²) >= 11 is 0. The molecule has 0 spiro atoms. The van der Waals surface area contributed by atoms with E-state index >= 15 is 0 Å². The maximum atomic E-state index is 12.8. The third-order valence-electron chi connectivity index (χ3n) is 5.96. The van der Waals surface area contributed by atoms with Gasteiger partial charge in [-0.25, -0.2) is 17.9 Å². The van der Waals surface area contributed by atoms with Crippen LogP contribution in [0.25, 0.3) is 0 Å². The van der Waals surface area contributed by atoms with Gasteiger partial charge in [-0.1, -0.05) is 45.7 Å². The van der Waals surface area contributed by atoms with E-state index < -0.39 is 21.9 Å². The molecule has 0 aliphatic carbocycles. The number of carbonyl (C=O) groups excluding carboxylic acids is 2. The normalized spacial score (nSPS) is 13.8. The minimum absolute atomic E-state index is 0.0126. The Morgan fingerprint density at radius 2 is 1.71 bits per heavy atom. The van der Waals surface area contributed by atoms with Gasteiger partial charge in [-0.3, -0.25) is 9.59 Å². The van der Waals surface area contributed by atoms with E-state index in [9.17, 15) is 27.9 Å². The molecule has 0 saturated carbocycles. The van der Waals surface area contributed by atoms with E-state index in [1.54, 1.807) is 17.0 Å². The van der Waals surface area contributed by atoms with Gasteiger partial charge in [0.05, 0.1) is 4.90 Å². The van der Waals surface area contributed by atoms with Gasteiger partial charge < -0.3 is 15.3 Å². The molecule has 0 atom stereocenters. The van der Waals surface area contributed by atoms with Crippen molar-refractivity contribution in [3.63, 3.8) is 0 Å². The van der Waals surface area contributed by atoms with Crippen LogP contribution in [-0.2, 0) is 30.8 Å². The van der Waals surface area contributed by atoms with E-state index in [0.717, 1.165) is 24.8 Å². The van der Waals surface area contributed by atoms with E-state index in [1.165, 1.54) is 24.3 Å². The van der Waals surface area contributed by atoms with E-state index in [1.807, 2.05) is 20.8 Å². The van der Waals surface area contributed by atoms with E-state index in [0.29, 0.717) is 25.9 Å². The molecule has 1 aliphatic heterocycles. The maximum absolute atomic E-state index is 12.8. The summed E-state index contributed by atoms with van der Waals surface area (Å²) in [6, 6.07) is 6.11. The standard InChI is InChI=1S/C25H35N3O6S/c1-4-7-23(29)26-15-14-19-8-11-21(12-9-19)35(33,34)27-24(30)20-10-13-22(25(31)32)28(17-20)16-18(5-2)6-3/h8-13,18H,4-7,14-17H2,1-3H3,(H,26,29)(H,27,30)(H,31,32). The first kappa shape index (κ1) is 28.1. The summed E-state index contributed by atoms with van der Waals surface area (Å²) in [5.41, 5.74) is 1.10. The number of hydrogen-bond acceptors (Lipinski definition) is 6. The number of rotatable bonds is 13. The van der Waals surface area contributed by atoms with Crippen LogP contribution in [0.5, 0.6) is 0 Å². The van der Waals surface area contributed by atoms with Crippen molar-refractivity contribution < 1.29 is 27.9 Å². The summed E-state index contributed by atoms with van der Waals surface area (Å²) in [4.78, 5) is 37.5. The predicted molar refractivity (Wildman–Crippen MR) is 133 cm³/mol. The third-order valence-corrected chi connectivity index (χ3v) is 7.31. The molecule has 1 aliphatic rings. The Morgan fingerprint density at radius 1 is 1.06 bits per heavy atom. The van der Waals surface area contributed by atoms with Gasteiger partial charge in [0, 0.05) is 31.6 Å². The lowest BCUT2D eigenvalue weighted by Gasteiger charge is -2.31. The molecule has 35 heavy (non-hydrogen) atoms. The second-order valence-corrected chi connectivity index (χ2v) is 10.2. The summed E-state index contributed by atoms with van der Waals surface area (Å²) in [6.45, 7) is 6.89. The van der Waals surface area contributed by atoms with Crippen LogP contribution >= 0.6 is 0 Å². The fourth-order valence-electron chi connectivity index (χ4n) is 3.75. The Labute approximate surface area is 207 Å². The topological polar surface area (TPSA) is 133 Å². The molecule has 0 saturated heterocycles. The zero-order valence-electron chi connectivity index (χ0n) is 20.5. The molecule has 2 amide bonds. The van der Waals surface area contributed by atoms with Crippen LogP contribution in [0.3, 0.4) is 0 Å². The highest BCUT2D eigenvalue weighted by molar-refractivity contribution is 7.90. The molecule has 10 heteroatoms. The van der Waals surface area contributed by atoms with Crippen LogP contribution in [0.15, 0.2) is 52.6 Å². The molecule has 1 heterocycles. The number of nitrogens with one attached hydrogen (secondary N) is 2. The molecule has 3 N–H and O–H groups in total. The van der Waals surface area contributed by atoms with Gasteiger partial charge in [-0.15, -0.1) is 0 Å². The molecular weight excluding hydrogens is 470 g/mol. The Balaban J connectivity index is 2.05. The first-order chi connectivity index (χ1) is 16.6. The van der Waals surface area contributed by atoms with Crippen LogP contribution in [0.4, 0.5) is 0 Å².